The van der Waals surface area contributed by atoms with Crippen molar-refractivity contribution in [2.24, 2.45) is 11.8 Å². The molecule has 2 unspecified atom stereocenters. The Labute approximate surface area is 290 Å². The van der Waals surface area contributed by atoms with Crippen molar-refractivity contribution >= 4 is 40.1 Å². The molecule has 250 valence electrons. The van der Waals surface area contributed by atoms with Gasteiger partial charge in [0, 0.05) is 12.5 Å². The molecule has 1 aromatic carbocycles. The van der Waals surface area contributed by atoms with Gasteiger partial charge >= 0.3 is 47.7 Å². The van der Waals surface area contributed by atoms with Crippen LogP contribution >= 0.6 is 0 Å². The molecule has 15 nitrogen and oxygen atoms in total. The van der Waals surface area contributed by atoms with Crippen LogP contribution in [-0.4, -0.2) is 80.2 Å². The third-order valence-electron chi connectivity index (χ3n) is 7.87. The third kappa shape index (κ3) is 12.7. The molecule has 3 rings (SSSR count). The molecule has 46 heavy (non-hydrogen) atoms. The summed E-state index contributed by atoms with van der Waals surface area (Å²) in [5, 5.41) is 9.69. The number of nitrogens with one attached hydrogen (secondary N) is 4. The van der Waals surface area contributed by atoms with Crippen molar-refractivity contribution in [2.75, 3.05) is 13.7 Å². The van der Waals surface area contributed by atoms with E-state index in [0.29, 0.717) is 0 Å². The summed E-state index contributed by atoms with van der Waals surface area (Å²) in [4.78, 5) is 63.1. The van der Waals surface area contributed by atoms with Gasteiger partial charge in [-0.2, -0.15) is 0 Å². The van der Waals surface area contributed by atoms with Crippen molar-refractivity contribution in [3.8, 4) is 0 Å². The van der Waals surface area contributed by atoms with Crippen LogP contribution in [-0.2, 0) is 45.3 Å². The first-order valence-electron chi connectivity index (χ1n) is 14.9. The molecule has 0 spiro atoms. The zero-order chi connectivity index (χ0) is 33.0. The molecule has 1 heterocycles. The third-order valence-corrected chi connectivity index (χ3v) is 8.86. The Hall–Kier alpha value is -2.92. The average Bonchev–Trinajstić information content (AvgIpc) is 3.41. The van der Waals surface area contributed by atoms with Gasteiger partial charge in [-0.15, -0.1) is 0 Å². The van der Waals surface area contributed by atoms with Crippen LogP contribution in [0.5, 0.6) is 0 Å². The summed E-state index contributed by atoms with van der Waals surface area (Å²) in [6.07, 6.45) is 2.36. The predicted molar refractivity (Wildman–Crippen MR) is 157 cm³/mol. The molecule has 1 saturated carbocycles. The smallest absolute Gasteiger partial charge is 0.745 e. The van der Waals surface area contributed by atoms with Gasteiger partial charge < -0.3 is 40.0 Å². The predicted octanol–water partition coefficient (Wildman–Crippen LogP) is -1.57. The largest absolute Gasteiger partial charge is 1.00 e. The van der Waals surface area contributed by atoms with Gasteiger partial charge in [-0.05, 0) is 37.7 Å². The van der Waals surface area contributed by atoms with Crippen LogP contribution in [0.25, 0.3) is 0 Å². The minimum atomic E-state index is -5.45. The molecule has 2 fully saturated rings. The fourth-order valence-electron chi connectivity index (χ4n) is 5.49. The van der Waals surface area contributed by atoms with Crippen molar-refractivity contribution < 1.29 is 80.7 Å². The van der Waals surface area contributed by atoms with Gasteiger partial charge in [-0.1, -0.05) is 62.4 Å². The summed E-state index contributed by atoms with van der Waals surface area (Å²) in [6, 6.07) is 4.76. The zero-order valence-electron chi connectivity index (χ0n) is 26.3. The van der Waals surface area contributed by atoms with Crippen LogP contribution in [0.3, 0.4) is 0 Å². The minimum Gasteiger partial charge on any atom is -0.745 e. The van der Waals surface area contributed by atoms with Gasteiger partial charge in [-0.25, -0.2) is 22.8 Å². The van der Waals surface area contributed by atoms with Gasteiger partial charge in [0.25, 0.3) is 0 Å². The van der Waals surface area contributed by atoms with Crippen LogP contribution < -0.4 is 50.8 Å². The summed E-state index contributed by atoms with van der Waals surface area (Å²) < 4.78 is 52.0. The van der Waals surface area contributed by atoms with E-state index in [2.05, 4.69) is 26.0 Å². The van der Waals surface area contributed by atoms with Crippen molar-refractivity contribution in [1.29, 1.82) is 0 Å². The molecule has 17 heteroatoms. The van der Waals surface area contributed by atoms with Crippen molar-refractivity contribution in [2.45, 2.75) is 88.5 Å². The minimum absolute atomic E-state index is 0. The van der Waals surface area contributed by atoms with E-state index in [1.54, 1.807) is 24.3 Å². The maximum atomic E-state index is 13.7. The van der Waals surface area contributed by atoms with Gasteiger partial charge in [-0.3, -0.25) is 9.59 Å². The monoisotopic (exact) mass is 676 g/mol. The number of rotatable bonds is 14. The normalized spacial score (nSPS) is 19.2. The Morgan fingerprint density at radius 3 is 2.24 bits per heavy atom. The number of carbonyl (C=O) groups is 5. The van der Waals surface area contributed by atoms with Crippen molar-refractivity contribution in [3.63, 3.8) is 0 Å². The number of benzene rings is 1. The number of hydrogen-bond donors (Lipinski definition) is 4. The molecular weight excluding hydrogens is 635 g/mol. The van der Waals surface area contributed by atoms with E-state index in [1.807, 2.05) is 6.07 Å². The summed E-state index contributed by atoms with van der Waals surface area (Å²) in [6.45, 7) is 1.47. The fraction of sp³-hybridized carbons (Fsp3) is 0.621. The van der Waals surface area contributed by atoms with E-state index < -0.39 is 69.6 Å². The first-order chi connectivity index (χ1) is 21.4. The van der Waals surface area contributed by atoms with Crippen LogP contribution in [0.15, 0.2) is 30.3 Å². The van der Waals surface area contributed by atoms with Gasteiger partial charge in [0.1, 0.15) is 28.8 Å². The molecule has 2 aliphatic rings. The van der Waals surface area contributed by atoms with Gasteiger partial charge in [0.15, 0.2) is 0 Å². The quantitative estimate of drug-likeness (QED) is 0.0763. The number of esters is 1. The fourth-order valence-corrected chi connectivity index (χ4v) is 6.27. The molecular formula is C29H41N4NaO11S. The Kier molecular flexibility index (Phi) is 16.2. The number of carbonyl (C=O) groups excluding carboxylic acids is 5. The Morgan fingerprint density at radius 1 is 0.978 bits per heavy atom. The second-order valence-corrected chi connectivity index (χ2v) is 12.7. The summed E-state index contributed by atoms with van der Waals surface area (Å²) >= 11 is 0. The molecule has 1 aromatic rings. The number of hydrogen-bond acceptors (Lipinski definition) is 11. The number of alkyl carbamates (subject to hydrolysis) is 2. The van der Waals surface area contributed by atoms with E-state index in [0.717, 1.165) is 44.8 Å². The van der Waals surface area contributed by atoms with Crippen LogP contribution in [0.4, 0.5) is 9.59 Å². The molecule has 0 radical (unpaired) electrons. The SMILES string of the molecule is COC(=O)C(C)NC(=O)OC([C@H](C[C@@H]1CCNC1=O)NC(=O)[C@H](CC1CCCCC1)NC(=O)OCc1ccccc1)S(=O)(=O)[O-].[Na+]. The van der Waals surface area contributed by atoms with Crippen molar-refractivity contribution in [1.82, 2.24) is 21.3 Å². The van der Waals surface area contributed by atoms with Crippen molar-refractivity contribution in [3.05, 3.63) is 35.9 Å². The summed E-state index contributed by atoms with van der Waals surface area (Å²) in [5.74, 6) is -2.87. The Bertz CT molecular complexity index is 1300. The second kappa shape index (κ2) is 19.0. The van der Waals surface area contributed by atoms with E-state index in [-0.39, 0.29) is 67.9 Å². The molecule has 0 aromatic heterocycles. The molecule has 0 bridgehead atoms. The first kappa shape index (κ1) is 39.3. The second-order valence-electron chi connectivity index (χ2n) is 11.3. The van der Waals surface area contributed by atoms with Crippen LogP contribution in [0.2, 0.25) is 0 Å². The van der Waals surface area contributed by atoms with Gasteiger partial charge in [0.05, 0.1) is 13.2 Å². The average molecular weight is 677 g/mol. The number of ether oxygens (including phenoxy) is 3. The zero-order valence-corrected chi connectivity index (χ0v) is 29.1. The number of amides is 4. The van der Waals surface area contributed by atoms with Crippen LogP contribution in [0.1, 0.15) is 63.9 Å². The molecule has 1 saturated heterocycles. The van der Waals surface area contributed by atoms with Crippen LogP contribution in [0, 0.1) is 11.8 Å². The van der Waals surface area contributed by atoms with E-state index in [4.69, 9.17) is 9.47 Å². The molecule has 4 amide bonds. The van der Waals surface area contributed by atoms with E-state index >= 15 is 0 Å². The summed E-state index contributed by atoms with van der Waals surface area (Å²) in [5.41, 5.74) is -1.75. The van der Waals surface area contributed by atoms with E-state index in [9.17, 15) is 36.9 Å². The molecule has 4 N–H and O–H groups in total. The maximum Gasteiger partial charge on any atom is 1.00 e. The Morgan fingerprint density at radius 2 is 1.65 bits per heavy atom. The topological polar surface area (TPSA) is 218 Å². The Balaban J connectivity index is 0.00000736. The van der Waals surface area contributed by atoms with Gasteiger partial charge in [0.2, 0.25) is 17.3 Å². The summed E-state index contributed by atoms with van der Waals surface area (Å²) in [7, 11) is -4.37. The molecule has 1 aliphatic heterocycles. The standard InChI is InChI=1S/C29H42N4O11S.Na/c1-18(26(36)42-2)31-29(38)44-27(45(39,40)41)23(16-21-13-14-30-24(21)34)32-25(35)22(15-19-9-5-3-6-10-19)33-28(37)43-17-20-11-7-4-8-12-20;/h4,7-8,11-12,18-19,21-23,27H,3,5-6,9-10,13-17H2,1-2H3,(H,30,34)(H,31,38)(H,32,35)(H,33,37)(H,39,40,41);/q;+1/p-1/t18?,21-,22-,23-,27?;/m0./s1. The first-order valence-corrected chi connectivity index (χ1v) is 16.4. The molecule has 5 atom stereocenters. The number of methoxy groups -OCH3 is 1. The van der Waals surface area contributed by atoms with E-state index in [1.165, 1.54) is 6.92 Å². The molecule has 1 aliphatic carbocycles. The maximum absolute atomic E-state index is 13.7.